The molecule has 2 fully saturated rings. The molecule has 2 heterocycles. The van der Waals surface area contributed by atoms with Crippen LogP contribution in [0.15, 0.2) is 95.9 Å². The van der Waals surface area contributed by atoms with Crippen LogP contribution < -0.4 is 26.2 Å². The molecule has 4 aromatic rings. The van der Waals surface area contributed by atoms with Crippen molar-refractivity contribution in [3.63, 3.8) is 0 Å². The van der Waals surface area contributed by atoms with Gasteiger partial charge in [-0.3, -0.25) is 28.5 Å². The van der Waals surface area contributed by atoms with E-state index in [0.29, 0.717) is 40.7 Å². The maximum absolute atomic E-state index is 14.0. The Morgan fingerprint density at radius 3 is 2.29 bits per heavy atom. The van der Waals surface area contributed by atoms with Gasteiger partial charge in [-0.15, -0.1) is 0 Å². The third-order valence-corrected chi connectivity index (χ3v) is 13.6. The van der Waals surface area contributed by atoms with Crippen molar-refractivity contribution in [1.82, 2.24) is 20.1 Å². The molecule has 0 radical (unpaired) electrons. The number of hydrogen-bond acceptors (Lipinski definition) is 10. The zero-order valence-electron chi connectivity index (χ0n) is 40.1. The number of likely N-dealkylation sites (tertiary alicyclic amines) is 1. The van der Waals surface area contributed by atoms with Gasteiger partial charge in [0.05, 0.1) is 16.7 Å². The highest BCUT2D eigenvalue weighted by Crippen LogP contribution is 2.55. The molecule has 3 aromatic carbocycles. The number of carbonyl (C=O) groups is 4. The predicted molar refractivity (Wildman–Crippen MR) is 262 cm³/mol. The molecule has 0 spiro atoms. The summed E-state index contributed by atoms with van der Waals surface area (Å²) in [5.41, 5.74) is 1.82. The lowest BCUT2D eigenvalue weighted by Gasteiger charge is -2.63. The summed E-state index contributed by atoms with van der Waals surface area (Å²) in [6.07, 6.45) is 3.13. The number of pyridine rings is 1. The van der Waals surface area contributed by atoms with Crippen LogP contribution in [0.5, 0.6) is 5.75 Å². The zero-order chi connectivity index (χ0) is 49.4. The van der Waals surface area contributed by atoms with Crippen LogP contribution >= 0.6 is 11.6 Å². The van der Waals surface area contributed by atoms with Crippen LogP contribution in [0.2, 0.25) is 5.02 Å². The van der Waals surface area contributed by atoms with Gasteiger partial charge in [-0.25, -0.2) is 0 Å². The molecular formula is C53H65ClN6O8. The average molecular weight is 950 g/mol. The number of unbranched alkanes of at least 4 members (excludes halogenated alkanes) is 2. The topological polar surface area (TPSA) is 192 Å². The fourth-order valence-electron chi connectivity index (χ4n) is 9.75. The van der Waals surface area contributed by atoms with Gasteiger partial charge in [-0.05, 0) is 84.8 Å². The van der Waals surface area contributed by atoms with Crippen LogP contribution in [-0.4, -0.2) is 88.7 Å². The SMILES string of the molecule is CC1(C)C(NC(=O)c2ccc(NCCCCCOCC(=O)C[C@H](C(=O)N3C[C@H](O)C[C@H]3C(=O)NCc3ccc(-n4ccccc4=O)cc3)C(C)(C)C)cc2)C(C)(C)C1Oc1ccc(C#N)c(Cl)c1. The van der Waals surface area contributed by atoms with Gasteiger partial charge < -0.3 is 35.4 Å². The molecule has 1 aliphatic carbocycles. The first kappa shape index (κ1) is 51.4. The molecule has 1 saturated heterocycles. The molecule has 1 aromatic heterocycles. The highest BCUT2D eigenvalue weighted by atomic mass is 35.5. The number of benzene rings is 3. The number of nitrogens with one attached hydrogen (secondary N) is 3. The summed E-state index contributed by atoms with van der Waals surface area (Å²) in [4.78, 5) is 67.6. The summed E-state index contributed by atoms with van der Waals surface area (Å²) in [5, 5.41) is 29.6. The van der Waals surface area contributed by atoms with Crippen molar-refractivity contribution in [1.29, 1.82) is 5.26 Å². The molecule has 6 rings (SSSR count). The molecule has 68 heavy (non-hydrogen) atoms. The van der Waals surface area contributed by atoms with Gasteiger partial charge in [-0.1, -0.05) is 78.3 Å². The number of anilines is 1. The lowest BCUT2D eigenvalue weighted by Crippen LogP contribution is -2.74. The number of aliphatic hydroxyl groups is 1. The number of nitrogens with zero attached hydrogens (tertiary/aromatic N) is 3. The van der Waals surface area contributed by atoms with Gasteiger partial charge in [0.1, 0.15) is 30.6 Å². The second kappa shape index (κ2) is 22.0. The number of amides is 3. The smallest absolute Gasteiger partial charge is 0.255 e. The number of aromatic nitrogens is 1. The molecule has 362 valence electrons. The van der Waals surface area contributed by atoms with E-state index in [1.165, 1.54) is 15.5 Å². The summed E-state index contributed by atoms with van der Waals surface area (Å²) >= 11 is 6.24. The van der Waals surface area contributed by atoms with E-state index in [-0.39, 0.29) is 84.6 Å². The Kier molecular flexibility index (Phi) is 16.6. The summed E-state index contributed by atoms with van der Waals surface area (Å²) in [6.45, 7) is 15.1. The van der Waals surface area contributed by atoms with Crippen LogP contribution in [-0.2, 0) is 25.7 Å². The first-order chi connectivity index (χ1) is 32.2. The first-order valence-electron chi connectivity index (χ1n) is 23.3. The molecule has 0 bridgehead atoms. The van der Waals surface area contributed by atoms with Gasteiger partial charge in [0.2, 0.25) is 11.8 Å². The summed E-state index contributed by atoms with van der Waals surface area (Å²) in [7, 11) is 0. The van der Waals surface area contributed by atoms with Crippen molar-refractivity contribution in [3.05, 3.63) is 123 Å². The summed E-state index contributed by atoms with van der Waals surface area (Å²) < 4.78 is 13.6. The number of ether oxygens (including phenoxy) is 2. The second-order valence-corrected chi connectivity index (χ2v) is 20.7. The van der Waals surface area contributed by atoms with Crippen molar-refractivity contribution < 1.29 is 33.8 Å². The Labute approximate surface area is 404 Å². The highest BCUT2D eigenvalue weighted by Gasteiger charge is 2.64. The van der Waals surface area contributed by atoms with E-state index in [1.54, 1.807) is 60.8 Å². The normalized spacial score (nSPS) is 19.8. The largest absolute Gasteiger partial charge is 0.489 e. The zero-order valence-corrected chi connectivity index (χ0v) is 40.9. The summed E-state index contributed by atoms with van der Waals surface area (Å²) in [6, 6.07) is 25.6. The van der Waals surface area contributed by atoms with Crippen molar-refractivity contribution in [2.45, 2.75) is 111 Å². The van der Waals surface area contributed by atoms with Crippen LogP contribution in [0.3, 0.4) is 0 Å². The minimum Gasteiger partial charge on any atom is -0.489 e. The molecular weight excluding hydrogens is 884 g/mol. The molecule has 3 atom stereocenters. The molecule has 14 nitrogen and oxygen atoms in total. The predicted octanol–water partition coefficient (Wildman–Crippen LogP) is 7.47. The van der Waals surface area contributed by atoms with Crippen LogP contribution in [0.1, 0.15) is 102 Å². The monoisotopic (exact) mass is 948 g/mol. The van der Waals surface area contributed by atoms with Crippen molar-refractivity contribution in [3.8, 4) is 17.5 Å². The van der Waals surface area contributed by atoms with Gasteiger partial charge in [0.15, 0.2) is 5.78 Å². The van der Waals surface area contributed by atoms with Gasteiger partial charge in [0.25, 0.3) is 11.5 Å². The minimum absolute atomic E-state index is 0.00196. The van der Waals surface area contributed by atoms with Crippen molar-refractivity contribution in [2.75, 3.05) is 31.6 Å². The van der Waals surface area contributed by atoms with Gasteiger partial charge >= 0.3 is 0 Å². The minimum atomic E-state index is -0.880. The van der Waals surface area contributed by atoms with Crippen molar-refractivity contribution >= 4 is 40.8 Å². The molecule has 1 aliphatic heterocycles. The van der Waals surface area contributed by atoms with Crippen molar-refractivity contribution in [2.24, 2.45) is 22.2 Å². The second-order valence-electron chi connectivity index (χ2n) is 20.3. The third-order valence-electron chi connectivity index (χ3n) is 13.3. The average Bonchev–Trinajstić information content (AvgIpc) is 3.70. The number of rotatable bonds is 20. The molecule has 3 amide bonds. The molecule has 0 unspecified atom stereocenters. The number of nitriles is 1. The molecule has 15 heteroatoms. The fraction of sp³-hybridized carbons (Fsp3) is 0.472. The quantitative estimate of drug-likeness (QED) is 0.0647. The van der Waals surface area contributed by atoms with E-state index in [4.69, 9.17) is 21.1 Å². The van der Waals surface area contributed by atoms with E-state index < -0.39 is 23.5 Å². The summed E-state index contributed by atoms with van der Waals surface area (Å²) in [5.74, 6) is -1.25. The number of hydrogen-bond donors (Lipinski definition) is 4. The maximum atomic E-state index is 14.0. The van der Waals surface area contributed by atoms with E-state index in [2.05, 4.69) is 49.7 Å². The van der Waals surface area contributed by atoms with Crippen LogP contribution in [0, 0.1) is 33.5 Å². The van der Waals surface area contributed by atoms with E-state index in [1.807, 2.05) is 45.0 Å². The first-order valence-corrected chi connectivity index (χ1v) is 23.7. The van der Waals surface area contributed by atoms with E-state index >= 15 is 0 Å². The Hall–Kier alpha value is -6.01. The van der Waals surface area contributed by atoms with Gasteiger partial charge in [0, 0.05) is 97.1 Å². The number of carbonyl (C=O) groups excluding carboxylic acids is 4. The number of halogens is 1. The maximum Gasteiger partial charge on any atom is 0.255 e. The van der Waals surface area contributed by atoms with E-state index in [0.717, 1.165) is 30.5 Å². The highest BCUT2D eigenvalue weighted by molar-refractivity contribution is 6.31. The number of Topliss-reactive ketones (excluding diaryl/α,β-unsaturated/α-hetero) is 1. The van der Waals surface area contributed by atoms with Gasteiger partial charge in [-0.2, -0.15) is 5.26 Å². The number of aliphatic hydroxyl groups excluding tert-OH is 1. The third kappa shape index (κ3) is 12.4. The Balaban J connectivity index is 0.881. The Bertz CT molecular complexity index is 2510. The fourth-order valence-corrected chi connectivity index (χ4v) is 9.97. The molecule has 4 N–H and O–H groups in total. The van der Waals surface area contributed by atoms with Crippen LogP contribution in [0.4, 0.5) is 5.69 Å². The lowest BCUT2D eigenvalue weighted by atomic mass is 9.49. The Morgan fingerprint density at radius 1 is 0.941 bits per heavy atom. The van der Waals surface area contributed by atoms with E-state index in [9.17, 15) is 34.3 Å². The number of ketones is 1. The standard InChI is InChI=1S/C53H65ClN6O8/c1-51(2,3)42(48(66)60-32-39(61)28-44(60)47(65)57-31-34-14-21-38(22-15-34)59-25-11-9-13-45(59)63)27-40(62)33-67-26-12-8-10-24-56-37-19-16-35(17-20-37)46(64)58-49-52(4,5)50(53(49,6)7)68-41-23-18-36(30-55)43(54)29-41/h9,11,13-23,25,29,39,42,44,49-50,56,61H,8,10,12,24,26-28,31-33H2,1-7H3,(H,57,65)(H,58,64)/t39-,42-,44+,49?,50?/m1/s1. The Morgan fingerprint density at radius 2 is 1.65 bits per heavy atom. The molecule has 1 saturated carbocycles. The number of β-amino-alcohol motifs (C(OH)–C–C–N with tert-alkyl or cyclic N) is 1. The molecule has 2 aliphatic rings. The van der Waals surface area contributed by atoms with Crippen LogP contribution in [0.25, 0.3) is 5.69 Å². The lowest BCUT2D eigenvalue weighted by molar-refractivity contribution is -0.164.